The highest BCUT2D eigenvalue weighted by molar-refractivity contribution is 6.08. The SMILES string of the molecule is CC(C)Oc1ccccc1C(=O)Nc1cccc(C(=O)Nc2cccc(C(F)(F)F)c2)c1. The summed E-state index contributed by atoms with van der Waals surface area (Å²) < 4.78 is 44.3. The molecule has 166 valence electrons. The molecular weight excluding hydrogens is 421 g/mol. The van der Waals surface area contributed by atoms with Crippen LogP contribution >= 0.6 is 0 Å². The minimum atomic E-state index is -4.51. The van der Waals surface area contributed by atoms with Crippen LogP contribution in [0.5, 0.6) is 5.75 Å². The number of carbonyl (C=O) groups excluding carboxylic acids is 2. The zero-order chi connectivity index (χ0) is 23.3. The molecule has 0 fully saturated rings. The lowest BCUT2D eigenvalue weighted by Crippen LogP contribution is -2.17. The van der Waals surface area contributed by atoms with E-state index in [9.17, 15) is 22.8 Å². The Morgan fingerprint density at radius 3 is 2.12 bits per heavy atom. The largest absolute Gasteiger partial charge is 0.490 e. The molecule has 3 aromatic carbocycles. The van der Waals surface area contributed by atoms with E-state index in [1.165, 1.54) is 24.3 Å². The van der Waals surface area contributed by atoms with Gasteiger partial charge in [0, 0.05) is 16.9 Å². The Morgan fingerprint density at radius 2 is 1.44 bits per heavy atom. The van der Waals surface area contributed by atoms with E-state index in [0.29, 0.717) is 17.0 Å². The summed E-state index contributed by atoms with van der Waals surface area (Å²) in [6.07, 6.45) is -4.63. The molecular formula is C24H21F3N2O3. The van der Waals surface area contributed by atoms with Crippen molar-refractivity contribution in [1.29, 1.82) is 0 Å². The first-order valence-corrected chi connectivity index (χ1v) is 9.79. The summed E-state index contributed by atoms with van der Waals surface area (Å²) in [5.74, 6) is -0.598. The second kappa shape index (κ2) is 9.55. The molecule has 0 heterocycles. The van der Waals surface area contributed by atoms with Crippen molar-refractivity contribution in [2.45, 2.75) is 26.1 Å². The van der Waals surface area contributed by atoms with Gasteiger partial charge in [0.25, 0.3) is 11.8 Å². The molecule has 0 aliphatic heterocycles. The molecule has 3 rings (SSSR count). The second-order valence-electron chi connectivity index (χ2n) is 7.23. The molecule has 2 amide bonds. The Kier molecular flexibility index (Phi) is 6.82. The average molecular weight is 442 g/mol. The molecule has 0 atom stereocenters. The van der Waals surface area contributed by atoms with Gasteiger partial charge in [-0.3, -0.25) is 9.59 Å². The Balaban J connectivity index is 1.75. The Morgan fingerprint density at radius 1 is 0.812 bits per heavy atom. The normalized spacial score (nSPS) is 11.2. The van der Waals surface area contributed by atoms with E-state index in [0.717, 1.165) is 12.1 Å². The third-order valence-electron chi connectivity index (χ3n) is 4.32. The number of benzene rings is 3. The fourth-order valence-corrected chi connectivity index (χ4v) is 2.92. The summed E-state index contributed by atoms with van der Waals surface area (Å²) in [4.78, 5) is 25.3. The number of ether oxygens (including phenoxy) is 1. The summed E-state index contributed by atoms with van der Waals surface area (Å²) in [6.45, 7) is 3.70. The molecule has 0 aromatic heterocycles. The zero-order valence-corrected chi connectivity index (χ0v) is 17.4. The van der Waals surface area contributed by atoms with Crippen LogP contribution in [0.2, 0.25) is 0 Å². The molecule has 0 spiro atoms. The number of anilines is 2. The highest BCUT2D eigenvalue weighted by Crippen LogP contribution is 2.30. The summed E-state index contributed by atoms with van der Waals surface area (Å²) in [5, 5.41) is 5.15. The quantitative estimate of drug-likeness (QED) is 0.492. The van der Waals surface area contributed by atoms with E-state index in [1.807, 2.05) is 13.8 Å². The van der Waals surface area contributed by atoms with E-state index in [4.69, 9.17) is 4.74 Å². The molecule has 0 aliphatic carbocycles. The first kappa shape index (κ1) is 22.9. The number of carbonyl (C=O) groups is 2. The number of amides is 2. The average Bonchev–Trinajstić information content (AvgIpc) is 2.73. The maximum atomic E-state index is 12.9. The number of hydrogen-bond donors (Lipinski definition) is 2. The smallest absolute Gasteiger partial charge is 0.416 e. The van der Waals surface area contributed by atoms with Gasteiger partial charge in [0.05, 0.1) is 17.2 Å². The molecule has 0 unspecified atom stereocenters. The number of rotatable bonds is 6. The Labute approximate surface area is 183 Å². The molecule has 0 saturated heterocycles. The van der Waals surface area contributed by atoms with Crippen molar-refractivity contribution >= 4 is 23.2 Å². The van der Waals surface area contributed by atoms with Gasteiger partial charge in [-0.2, -0.15) is 13.2 Å². The molecule has 0 bridgehead atoms. The van der Waals surface area contributed by atoms with Crippen molar-refractivity contribution in [2.24, 2.45) is 0 Å². The monoisotopic (exact) mass is 442 g/mol. The Bertz CT molecular complexity index is 1130. The number of alkyl halides is 3. The van der Waals surface area contributed by atoms with Crippen LogP contribution in [-0.4, -0.2) is 17.9 Å². The number of halogens is 3. The van der Waals surface area contributed by atoms with Crippen molar-refractivity contribution in [3.63, 3.8) is 0 Å². The predicted octanol–water partition coefficient (Wildman–Crippen LogP) is 6.00. The first-order valence-electron chi connectivity index (χ1n) is 9.79. The topological polar surface area (TPSA) is 67.4 Å². The lowest BCUT2D eigenvalue weighted by atomic mass is 10.1. The second-order valence-corrected chi connectivity index (χ2v) is 7.23. The summed E-state index contributed by atoms with van der Waals surface area (Å²) in [7, 11) is 0. The molecule has 8 heteroatoms. The number of nitrogens with one attached hydrogen (secondary N) is 2. The van der Waals surface area contributed by atoms with Crippen LogP contribution in [0.25, 0.3) is 0 Å². The van der Waals surface area contributed by atoms with Crippen LogP contribution in [0.4, 0.5) is 24.5 Å². The van der Waals surface area contributed by atoms with Crippen LogP contribution in [0.15, 0.2) is 72.8 Å². The van der Waals surface area contributed by atoms with E-state index >= 15 is 0 Å². The number of para-hydroxylation sites is 1. The summed E-state index contributed by atoms with van der Waals surface area (Å²) >= 11 is 0. The van der Waals surface area contributed by atoms with E-state index in [1.54, 1.807) is 36.4 Å². The fraction of sp³-hybridized carbons (Fsp3) is 0.167. The van der Waals surface area contributed by atoms with Gasteiger partial charge in [-0.05, 0) is 62.4 Å². The minimum Gasteiger partial charge on any atom is -0.490 e. The van der Waals surface area contributed by atoms with Gasteiger partial charge in [-0.25, -0.2) is 0 Å². The van der Waals surface area contributed by atoms with Crippen molar-refractivity contribution in [3.05, 3.63) is 89.5 Å². The van der Waals surface area contributed by atoms with Crippen LogP contribution in [-0.2, 0) is 6.18 Å². The first-order chi connectivity index (χ1) is 15.1. The lowest BCUT2D eigenvalue weighted by Gasteiger charge is -2.14. The molecule has 2 N–H and O–H groups in total. The van der Waals surface area contributed by atoms with Crippen LogP contribution in [0, 0.1) is 0 Å². The van der Waals surface area contributed by atoms with Crippen LogP contribution < -0.4 is 15.4 Å². The van der Waals surface area contributed by atoms with Gasteiger partial charge in [-0.1, -0.05) is 24.3 Å². The van der Waals surface area contributed by atoms with Gasteiger partial charge in [0.1, 0.15) is 5.75 Å². The standard InChI is InChI=1S/C24H21F3N2O3/c1-15(2)32-21-12-4-3-11-20(21)23(31)29-18-9-5-7-16(13-18)22(30)28-19-10-6-8-17(14-19)24(25,26)27/h3-15H,1-2H3,(H,28,30)(H,29,31). The van der Waals surface area contributed by atoms with E-state index < -0.39 is 23.6 Å². The summed E-state index contributed by atoms with van der Waals surface area (Å²) in [5.41, 5.74) is 0.00982. The molecule has 0 radical (unpaired) electrons. The predicted molar refractivity (Wildman–Crippen MR) is 116 cm³/mol. The van der Waals surface area contributed by atoms with Crippen molar-refractivity contribution in [2.75, 3.05) is 10.6 Å². The molecule has 5 nitrogen and oxygen atoms in total. The molecule has 0 aliphatic rings. The van der Waals surface area contributed by atoms with Crippen LogP contribution in [0.1, 0.15) is 40.1 Å². The third-order valence-corrected chi connectivity index (χ3v) is 4.32. The highest BCUT2D eigenvalue weighted by atomic mass is 19.4. The van der Waals surface area contributed by atoms with Gasteiger partial charge in [0.15, 0.2) is 0 Å². The van der Waals surface area contributed by atoms with Crippen molar-refractivity contribution in [3.8, 4) is 5.75 Å². The number of hydrogen-bond acceptors (Lipinski definition) is 3. The van der Waals surface area contributed by atoms with Gasteiger partial charge in [0.2, 0.25) is 0 Å². The zero-order valence-electron chi connectivity index (χ0n) is 17.4. The van der Waals surface area contributed by atoms with Crippen LogP contribution in [0.3, 0.4) is 0 Å². The van der Waals surface area contributed by atoms with Gasteiger partial charge < -0.3 is 15.4 Å². The van der Waals surface area contributed by atoms with Crippen molar-refractivity contribution in [1.82, 2.24) is 0 Å². The van der Waals surface area contributed by atoms with Gasteiger partial charge >= 0.3 is 6.18 Å². The highest BCUT2D eigenvalue weighted by Gasteiger charge is 2.30. The maximum Gasteiger partial charge on any atom is 0.416 e. The van der Waals surface area contributed by atoms with Crippen molar-refractivity contribution < 1.29 is 27.5 Å². The minimum absolute atomic E-state index is 0.0130. The molecule has 3 aromatic rings. The van der Waals surface area contributed by atoms with E-state index in [-0.39, 0.29) is 17.4 Å². The lowest BCUT2D eigenvalue weighted by molar-refractivity contribution is -0.137. The molecule has 0 saturated carbocycles. The maximum absolute atomic E-state index is 12.9. The Hall–Kier alpha value is -3.81. The third kappa shape index (κ3) is 5.87. The fourth-order valence-electron chi connectivity index (χ4n) is 2.92. The van der Waals surface area contributed by atoms with Gasteiger partial charge in [-0.15, -0.1) is 0 Å². The molecule has 32 heavy (non-hydrogen) atoms. The van der Waals surface area contributed by atoms with E-state index in [2.05, 4.69) is 10.6 Å². The summed E-state index contributed by atoms with van der Waals surface area (Å²) in [6, 6.07) is 17.2.